The fourth-order valence-corrected chi connectivity index (χ4v) is 3.60. The number of rotatable bonds is 4. The van der Waals surface area contributed by atoms with Gasteiger partial charge in [0.05, 0.1) is 11.1 Å². The number of hydrogen-bond acceptors (Lipinski definition) is 4. The zero-order valence-electron chi connectivity index (χ0n) is 15.3. The van der Waals surface area contributed by atoms with E-state index >= 15 is 0 Å². The molecule has 2 N–H and O–H groups in total. The van der Waals surface area contributed by atoms with Crippen molar-refractivity contribution in [3.63, 3.8) is 0 Å². The molecule has 0 radical (unpaired) electrons. The number of carbonyl (C=O) groups excluding carboxylic acids is 2. The van der Waals surface area contributed by atoms with Crippen LogP contribution in [0.25, 0.3) is 0 Å². The van der Waals surface area contributed by atoms with Crippen LogP contribution in [-0.4, -0.2) is 18.6 Å². The predicted octanol–water partition coefficient (Wildman–Crippen LogP) is 4.42. The van der Waals surface area contributed by atoms with E-state index in [4.69, 9.17) is 0 Å². The van der Waals surface area contributed by atoms with Gasteiger partial charge in [0.15, 0.2) is 11.6 Å². The molecule has 0 unspecified atom stereocenters. The fraction of sp³-hybridized carbons (Fsp3) is 0.130. The molecule has 0 fully saturated rings. The van der Waals surface area contributed by atoms with E-state index in [1.165, 1.54) is 5.56 Å². The lowest BCUT2D eigenvalue weighted by Crippen LogP contribution is -2.23. The number of carbonyl (C=O) groups is 2. The molecule has 0 amide bonds. The summed E-state index contributed by atoms with van der Waals surface area (Å²) in [6.45, 7) is 2.63. The highest BCUT2D eigenvalue weighted by molar-refractivity contribution is 6.31. The second kappa shape index (κ2) is 6.72. The van der Waals surface area contributed by atoms with Crippen molar-refractivity contribution in [2.45, 2.75) is 13.5 Å². The first kappa shape index (κ1) is 17.0. The van der Waals surface area contributed by atoms with E-state index < -0.39 is 0 Å². The van der Waals surface area contributed by atoms with Crippen LogP contribution < -0.4 is 10.6 Å². The molecule has 27 heavy (non-hydrogen) atoms. The summed E-state index contributed by atoms with van der Waals surface area (Å²) in [5, 5.41) is 6.39. The van der Waals surface area contributed by atoms with Gasteiger partial charge in [-0.3, -0.25) is 9.59 Å². The Hall–Kier alpha value is -3.40. The summed E-state index contributed by atoms with van der Waals surface area (Å²) in [5.74, 6) is -0.243. The summed E-state index contributed by atoms with van der Waals surface area (Å²) in [4.78, 5) is 26.3. The van der Waals surface area contributed by atoms with Gasteiger partial charge >= 0.3 is 0 Å². The Morgan fingerprint density at radius 2 is 1.41 bits per heavy atom. The number of fused-ring (bicyclic) bond motifs is 2. The SMILES string of the molecule is CNc1ccc(NCc2cccc(C)c2)c2c1C(=O)c1ccccc1C2=O. The molecule has 0 heterocycles. The summed E-state index contributed by atoms with van der Waals surface area (Å²) < 4.78 is 0. The number of ketones is 2. The van der Waals surface area contributed by atoms with Crippen molar-refractivity contribution in [1.82, 2.24) is 0 Å². The second-order valence-electron chi connectivity index (χ2n) is 6.71. The van der Waals surface area contributed by atoms with Gasteiger partial charge in [0.2, 0.25) is 0 Å². The predicted molar refractivity (Wildman–Crippen MR) is 108 cm³/mol. The smallest absolute Gasteiger partial charge is 0.196 e. The first-order chi connectivity index (χ1) is 13.1. The van der Waals surface area contributed by atoms with Gasteiger partial charge in [-0.25, -0.2) is 0 Å². The summed E-state index contributed by atoms with van der Waals surface area (Å²) >= 11 is 0. The standard InChI is InChI=1S/C23H20N2O2/c1-14-6-5-7-15(12-14)13-25-19-11-10-18(24-2)20-21(19)23(27)17-9-4-3-8-16(17)22(20)26/h3-12,24-25H,13H2,1-2H3. The second-order valence-corrected chi connectivity index (χ2v) is 6.71. The maximum atomic E-state index is 13.2. The zero-order chi connectivity index (χ0) is 19.0. The molecule has 4 heteroatoms. The minimum atomic E-state index is -0.122. The molecular weight excluding hydrogens is 336 g/mol. The average molecular weight is 356 g/mol. The van der Waals surface area contributed by atoms with E-state index in [1.54, 1.807) is 31.3 Å². The molecule has 0 spiro atoms. The van der Waals surface area contributed by atoms with Crippen molar-refractivity contribution in [3.05, 3.63) is 94.0 Å². The molecule has 0 atom stereocenters. The Kier molecular flexibility index (Phi) is 4.24. The van der Waals surface area contributed by atoms with Gasteiger partial charge in [0.1, 0.15) is 0 Å². The lowest BCUT2D eigenvalue weighted by atomic mass is 9.82. The zero-order valence-corrected chi connectivity index (χ0v) is 15.3. The molecule has 0 bridgehead atoms. The molecule has 0 aromatic heterocycles. The number of hydrogen-bond donors (Lipinski definition) is 2. The molecule has 4 nitrogen and oxygen atoms in total. The Balaban J connectivity index is 1.79. The van der Waals surface area contributed by atoms with E-state index in [-0.39, 0.29) is 11.6 Å². The van der Waals surface area contributed by atoms with Crippen molar-refractivity contribution < 1.29 is 9.59 Å². The van der Waals surface area contributed by atoms with Crippen molar-refractivity contribution in [3.8, 4) is 0 Å². The largest absolute Gasteiger partial charge is 0.388 e. The maximum absolute atomic E-state index is 13.2. The third kappa shape index (κ3) is 2.89. The normalized spacial score (nSPS) is 12.4. The molecule has 134 valence electrons. The Labute approximate surface area is 158 Å². The molecule has 1 aliphatic carbocycles. The van der Waals surface area contributed by atoms with E-state index in [0.29, 0.717) is 40.2 Å². The van der Waals surface area contributed by atoms with Crippen LogP contribution in [0.15, 0.2) is 60.7 Å². The van der Waals surface area contributed by atoms with Gasteiger partial charge in [-0.05, 0) is 24.6 Å². The van der Waals surface area contributed by atoms with Gasteiger partial charge in [-0.2, -0.15) is 0 Å². The third-order valence-electron chi connectivity index (χ3n) is 4.91. The van der Waals surface area contributed by atoms with Crippen LogP contribution in [0.2, 0.25) is 0 Å². The van der Waals surface area contributed by atoms with Crippen LogP contribution in [0.4, 0.5) is 11.4 Å². The van der Waals surface area contributed by atoms with Gasteiger partial charge in [-0.15, -0.1) is 0 Å². The number of aryl methyl sites for hydroxylation is 1. The van der Waals surface area contributed by atoms with Crippen LogP contribution in [-0.2, 0) is 6.54 Å². The first-order valence-corrected chi connectivity index (χ1v) is 8.92. The number of nitrogens with one attached hydrogen (secondary N) is 2. The van der Waals surface area contributed by atoms with Crippen molar-refractivity contribution in [1.29, 1.82) is 0 Å². The molecule has 3 aromatic rings. The first-order valence-electron chi connectivity index (χ1n) is 8.92. The van der Waals surface area contributed by atoms with Gasteiger partial charge in [0.25, 0.3) is 0 Å². The molecular formula is C23H20N2O2. The van der Waals surface area contributed by atoms with Crippen LogP contribution >= 0.6 is 0 Å². The fourth-order valence-electron chi connectivity index (χ4n) is 3.60. The Morgan fingerprint density at radius 3 is 2.04 bits per heavy atom. The molecule has 4 rings (SSSR count). The summed E-state index contributed by atoms with van der Waals surface area (Å²) in [6, 6.07) is 18.9. The summed E-state index contributed by atoms with van der Waals surface area (Å²) in [6.07, 6.45) is 0. The average Bonchev–Trinajstić information content (AvgIpc) is 2.70. The monoisotopic (exact) mass is 356 g/mol. The Morgan fingerprint density at radius 1 is 0.778 bits per heavy atom. The van der Waals surface area contributed by atoms with Crippen LogP contribution in [0, 0.1) is 6.92 Å². The lowest BCUT2D eigenvalue weighted by Gasteiger charge is -2.23. The molecule has 3 aromatic carbocycles. The highest BCUT2D eigenvalue weighted by Crippen LogP contribution is 2.36. The van der Waals surface area contributed by atoms with Gasteiger partial charge < -0.3 is 10.6 Å². The summed E-state index contributed by atoms with van der Waals surface area (Å²) in [7, 11) is 1.76. The quantitative estimate of drug-likeness (QED) is 0.568. The van der Waals surface area contributed by atoms with Crippen LogP contribution in [0.3, 0.4) is 0 Å². The molecule has 1 aliphatic rings. The molecule has 0 aliphatic heterocycles. The Bertz CT molecular complexity index is 1070. The number of anilines is 2. The molecule has 0 saturated carbocycles. The number of benzene rings is 3. The van der Waals surface area contributed by atoms with E-state index in [0.717, 1.165) is 5.56 Å². The topological polar surface area (TPSA) is 58.2 Å². The van der Waals surface area contributed by atoms with Crippen molar-refractivity contribution >= 4 is 22.9 Å². The highest BCUT2D eigenvalue weighted by Gasteiger charge is 2.33. The molecule has 0 saturated heterocycles. The minimum Gasteiger partial charge on any atom is -0.388 e. The van der Waals surface area contributed by atoms with Crippen LogP contribution in [0.5, 0.6) is 0 Å². The van der Waals surface area contributed by atoms with Gasteiger partial charge in [0, 0.05) is 36.1 Å². The van der Waals surface area contributed by atoms with Crippen molar-refractivity contribution in [2.24, 2.45) is 0 Å². The van der Waals surface area contributed by atoms with E-state index in [1.807, 2.05) is 37.3 Å². The lowest BCUT2D eigenvalue weighted by molar-refractivity contribution is 0.0980. The van der Waals surface area contributed by atoms with Crippen molar-refractivity contribution in [2.75, 3.05) is 17.7 Å². The summed E-state index contributed by atoms with van der Waals surface area (Å²) in [5.41, 5.74) is 5.45. The van der Waals surface area contributed by atoms with Gasteiger partial charge in [-0.1, -0.05) is 54.1 Å². The van der Waals surface area contributed by atoms with E-state index in [2.05, 4.69) is 16.7 Å². The minimum absolute atomic E-state index is 0.121. The maximum Gasteiger partial charge on any atom is 0.196 e. The van der Waals surface area contributed by atoms with E-state index in [9.17, 15) is 9.59 Å². The van der Waals surface area contributed by atoms with Crippen LogP contribution in [0.1, 0.15) is 43.0 Å². The third-order valence-corrected chi connectivity index (χ3v) is 4.91. The highest BCUT2D eigenvalue weighted by atomic mass is 16.1.